The van der Waals surface area contributed by atoms with Gasteiger partial charge in [-0.05, 0) is 30.9 Å². The van der Waals surface area contributed by atoms with E-state index in [2.05, 4.69) is 28.7 Å². The molecule has 0 aliphatic carbocycles. The fourth-order valence-corrected chi connectivity index (χ4v) is 3.13. The number of aromatic nitrogens is 2. The van der Waals surface area contributed by atoms with Gasteiger partial charge in [0.1, 0.15) is 10.8 Å². The minimum Gasteiger partial charge on any atom is -0.357 e. The van der Waals surface area contributed by atoms with E-state index in [0.29, 0.717) is 12.5 Å². The average Bonchev–Trinajstić information content (AvgIpc) is 2.80. The van der Waals surface area contributed by atoms with Gasteiger partial charge in [0.05, 0.1) is 0 Å². The van der Waals surface area contributed by atoms with Crippen molar-refractivity contribution in [3.05, 3.63) is 40.7 Å². The number of hydrogen-bond acceptors (Lipinski definition) is 5. The molecule has 1 N–H and O–H groups in total. The molecule has 2 rings (SSSR count). The summed E-state index contributed by atoms with van der Waals surface area (Å²) in [7, 11) is 0. The van der Waals surface area contributed by atoms with Gasteiger partial charge in [0.15, 0.2) is 0 Å². The first-order valence-electron chi connectivity index (χ1n) is 5.99. The summed E-state index contributed by atoms with van der Waals surface area (Å²) < 4.78 is 12.8. The molecule has 1 atom stereocenters. The summed E-state index contributed by atoms with van der Waals surface area (Å²) in [5, 5.41) is 13.4. The van der Waals surface area contributed by atoms with Crippen LogP contribution in [0.25, 0.3) is 0 Å². The Morgan fingerprint density at radius 3 is 2.74 bits per heavy atom. The van der Waals surface area contributed by atoms with Crippen LogP contribution in [0.15, 0.2) is 24.3 Å². The zero-order chi connectivity index (χ0) is 13.7. The van der Waals surface area contributed by atoms with E-state index >= 15 is 0 Å². The third-order valence-corrected chi connectivity index (χ3v) is 4.21. The zero-order valence-electron chi connectivity index (χ0n) is 10.9. The number of halogens is 1. The van der Waals surface area contributed by atoms with Crippen LogP contribution in [0, 0.1) is 5.82 Å². The van der Waals surface area contributed by atoms with Crippen LogP contribution in [-0.4, -0.2) is 28.2 Å². The molecule has 1 aromatic carbocycles. The Morgan fingerprint density at radius 2 is 2.05 bits per heavy atom. The molecule has 0 aliphatic heterocycles. The topological polar surface area (TPSA) is 37.8 Å². The van der Waals surface area contributed by atoms with E-state index in [1.54, 1.807) is 35.2 Å². The molecule has 19 heavy (non-hydrogen) atoms. The molecule has 1 aromatic heterocycles. The molecule has 0 spiro atoms. The average molecular weight is 297 g/mol. The maximum atomic E-state index is 12.8. The van der Waals surface area contributed by atoms with Gasteiger partial charge >= 0.3 is 0 Å². The summed E-state index contributed by atoms with van der Waals surface area (Å²) in [5.41, 5.74) is 1.04. The van der Waals surface area contributed by atoms with Crippen LogP contribution >= 0.6 is 23.1 Å². The maximum Gasteiger partial charge on any atom is 0.205 e. The predicted octanol–water partition coefficient (Wildman–Crippen LogP) is 3.43. The number of benzene rings is 1. The van der Waals surface area contributed by atoms with Gasteiger partial charge in [0.25, 0.3) is 0 Å². The minimum absolute atomic E-state index is 0.214. The Morgan fingerprint density at radius 1 is 1.32 bits per heavy atom. The van der Waals surface area contributed by atoms with Gasteiger partial charge in [-0.15, -0.1) is 10.2 Å². The molecule has 1 unspecified atom stereocenters. The van der Waals surface area contributed by atoms with Crippen molar-refractivity contribution in [3.63, 3.8) is 0 Å². The van der Waals surface area contributed by atoms with Crippen molar-refractivity contribution >= 4 is 28.2 Å². The summed E-state index contributed by atoms with van der Waals surface area (Å²) in [6.45, 7) is 2.12. The molecular weight excluding hydrogens is 281 g/mol. The van der Waals surface area contributed by atoms with E-state index in [0.717, 1.165) is 21.5 Å². The van der Waals surface area contributed by atoms with E-state index in [-0.39, 0.29) is 5.82 Å². The second-order valence-corrected chi connectivity index (χ2v) is 6.28. The quantitative estimate of drug-likeness (QED) is 0.886. The number of rotatable bonds is 6. The van der Waals surface area contributed by atoms with Crippen molar-refractivity contribution in [2.24, 2.45) is 0 Å². The van der Waals surface area contributed by atoms with Crippen LogP contribution in [0.4, 0.5) is 9.52 Å². The van der Waals surface area contributed by atoms with Crippen LogP contribution in [0.3, 0.4) is 0 Å². The number of anilines is 1. The maximum absolute atomic E-state index is 12.8. The van der Waals surface area contributed by atoms with Crippen LogP contribution < -0.4 is 5.32 Å². The second kappa shape index (κ2) is 6.86. The molecule has 3 nitrogen and oxygen atoms in total. The van der Waals surface area contributed by atoms with Crippen molar-refractivity contribution in [1.82, 2.24) is 10.2 Å². The van der Waals surface area contributed by atoms with Crippen molar-refractivity contribution < 1.29 is 4.39 Å². The molecule has 0 radical (unpaired) electrons. The summed E-state index contributed by atoms with van der Waals surface area (Å²) in [4.78, 5) is 0. The Kier molecular flexibility index (Phi) is 5.15. The number of hydrogen-bond donors (Lipinski definition) is 1. The van der Waals surface area contributed by atoms with Gasteiger partial charge in [-0.25, -0.2) is 4.39 Å². The molecule has 2 aromatic rings. The fourth-order valence-electron chi connectivity index (χ4n) is 1.66. The highest BCUT2D eigenvalue weighted by Crippen LogP contribution is 2.19. The van der Waals surface area contributed by atoms with Gasteiger partial charge < -0.3 is 5.32 Å². The minimum atomic E-state index is -0.214. The summed E-state index contributed by atoms with van der Waals surface area (Å²) >= 11 is 3.35. The van der Waals surface area contributed by atoms with E-state index in [4.69, 9.17) is 0 Å². The third kappa shape index (κ3) is 4.47. The van der Waals surface area contributed by atoms with E-state index in [9.17, 15) is 4.39 Å². The SMILES string of the molecule is CSCC(C)Nc1nnc(Cc2ccc(F)cc2)s1. The Labute approximate surface area is 120 Å². The molecular formula is C13H16FN3S2. The molecule has 0 saturated carbocycles. The van der Waals surface area contributed by atoms with Crippen LogP contribution in [0.5, 0.6) is 0 Å². The molecule has 0 fully saturated rings. The van der Waals surface area contributed by atoms with E-state index in [1.165, 1.54) is 12.1 Å². The van der Waals surface area contributed by atoms with Crippen LogP contribution in [0.2, 0.25) is 0 Å². The van der Waals surface area contributed by atoms with Crippen LogP contribution in [-0.2, 0) is 6.42 Å². The summed E-state index contributed by atoms with van der Waals surface area (Å²) in [6, 6.07) is 6.87. The van der Waals surface area contributed by atoms with E-state index < -0.39 is 0 Å². The lowest BCUT2D eigenvalue weighted by Gasteiger charge is -2.09. The molecule has 1 heterocycles. The van der Waals surface area contributed by atoms with Crippen molar-refractivity contribution in [1.29, 1.82) is 0 Å². The summed E-state index contributed by atoms with van der Waals surface area (Å²) in [6.07, 6.45) is 2.77. The normalized spacial score (nSPS) is 12.4. The monoisotopic (exact) mass is 297 g/mol. The summed E-state index contributed by atoms with van der Waals surface area (Å²) in [5.74, 6) is 0.821. The van der Waals surface area contributed by atoms with Crippen molar-refractivity contribution in [2.75, 3.05) is 17.3 Å². The highest BCUT2D eigenvalue weighted by Gasteiger charge is 2.08. The van der Waals surface area contributed by atoms with Gasteiger partial charge in [-0.1, -0.05) is 23.5 Å². The lowest BCUT2D eigenvalue weighted by molar-refractivity contribution is 0.627. The first-order valence-corrected chi connectivity index (χ1v) is 8.20. The standard InChI is InChI=1S/C13H16FN3S2/c1-9(8-18-2)15-13-17-16-12(19-13)7-10-3-5-11(14)6-4-10/h3-6,9H,7-8H2,1-2H3,(H,15,17). The van der Waals surface area contributed by atoms with Crippen LogP contribution in [0.1, 0.15) is 17.5 Å². The fraction of sp³-hybridized carbons (Fsp3) is 0.385. The molecule has 0 bridgehead atoms. The van der Waals surface area contributed by atoms with Crippen molar-refractivity contribution in [3.8, 4) is 0 Å². The molecule has 0 saturated heterocycles. The molecule has 102 valence electrons. The Balaban J connectivity index is 1.95. The Bertz CT molecular complexity index is 513. The number of thioether (sulfide) groups is 1. The predicted molar refractivity (Wildman–Crippen MR) is 80.6 cm³/mol. The van der Waals surface area contributed by atoms with Gasteiger partial charge in [-0.3, -0.25) is 0 Å². The largest absolute Gasteiger partial charge is 0.357 e. The zero-order valence-corrected chi connectivity index (χ0v) is 12.5. The first kappa shape index (κ1) is 14.3. The number of nitrogens with one attached hydrogen (secondary N) is 1. The lowest BCUT2D eigenvalue weighted by atomic mass is 10.2. The molecule has 0 amide bonds. The second-order valence-electron chi connectivity index (χ2n) is 4.30. The van der Waals surface area contributed by atoms with Gasteiger partial charge in [-0.2, -0.15) is 11.8 Å². The third-order valence-electron chi connectivity index (χ3n) is 2.52. The number of nitrogens with zero attached hydrogens (tertiary/aromatic N) is 2. The highest BCUT2D eigenvalue weighted by atomic mass is 32.2. The lowest BCUT2D eigenvalue weighted by Crippen LogP contribution is -2.17. The smallest absolute Gasteiger partial charge is 0.205 e. The van der Waals surface area contributed by atoms with Gasteiger partial charge in [0.2, 0.25) is 5.13 Å². The van der Waals surface area contributed by atoms with E-state index in [1.807, 2.05) is 0 Å². The Hall–Kier alpha value is -1.14. The highest BCUT2D eigenvalue weighted by molar-refractivity contribution is 7.98. The molecule has 6 heteroatoms. The molecule has 0 aliphatic rings. The van der Waals surface area contributed by atoms with Gasteiger partial charge in [0, 0.05) is 18.2 Å². The van der Waals surface area contributed by atoms with Crippen molar-refractivity contribution in [2.45, 2.75) is 19.4 Å². The first-order chi connectivity index (χ1) is 9.17.